The quantitative estimate of drug-likeness (QED) is 0.102. The van der Waals surface area contributed by atoms with Gasteiger partial charge in [0.25, 0.3) is 0 Å². The number of benzene rings is 18. The van der Waals surface area contributed by atoms with E-state index in [1.807, 2.05) is 0 Å². The second kappa shape index (κ2) is 29.8. The lowest BCUT2D eigenvalue weighted by Gasteiger charge is -2.29. The van der Waals surface area contributed by atoms with Crippen LogP contribution in [0.15, 0.2) is 449 Å². The van der Waals surface area contributed by atoms with Crippen LogP contribution in [-0.2, 0) is 5.41 Å². The first-order chi connectivity index (χ1) is 56.8. The first-order valence-corrected chi connectivity index (χ1v) is 39.7. The number of aromatic nitrogens is 2. The van der Waals surface area contributed by atoms with Crippen molar-refractivity contribution in [2.45, 2.75) is 19.3 Å². The lowest BCUT2D eigenvalue weighted by molar-refractivity contribution is 0.660. The molecular formula is C111H80N4. The third-order valence-corrected chi connectivity index (χ3v) is 23.2. The van der Waals surface area contributed by atoms with E-state index in [-0.39, 0.29) is 5.41 Å². The van der Waals surface area contributed by atoms with Crippen LogP contribution < -0.4 is 9.80 Å². The zero-order valence-electron chi connectivity index (χ0n) is 64.0. The molecule has 0 spiro atoms. The van der Waals surface area contributed by atoms with Crippen molar-refractivity contribution in [3.8, 4) is 100 Å². The molecule has 1 aliphatic carbocycles. The Kier molecular flexibility index (Phi) is 18.0. The molecule has 0 amide bonds. The van der Waals surface area contributed by atoms with Gasteiger partial charge in [-0.15, -0.1) is 0 Å². The van der Waals surface area contributed by atoms with E-state index in [4.69, 9.17) is 0 Å². The number of fused-ring (bicyclic) bond motifs is 9. The summed E-state index contributed by atoms with van der Waals surface area (Å²) in [6.07, 6.45) is 0. The summed E-state index contributed by atoms with van der Waals surface area (Å²) in [5.74, 6) is 0. The number of nitrogens with zero attached hydrogens (tertiary/aromatic N) is 4. The molecular weight excluding hydrogens is 1390 g/mol. The maximum absolute atomic E-state index is 2.41. The summed E-state index contributed by atoms with van der Waals surface area (Å²) in [7, 11) is 0. The lowest BCUT2D eigenvalue weighted by Crippen LogP contribution is -2.16. The summed E-state index contributed by atoms with van der Waals surface area (Å²) < 4.78 is 4.77. The fourth-order valence-corrected chi connectivity index (χ4v) is 17.6. The first-order valence-electron chi connectivity index (χ1n) is 39.7. The topological polar surface area (TPSA) is 16.3 Å². The van der Waals surface area contributed by atoms with Gasteiger partial charge in [-0.05, 0) is 216 Å². The Hall–Kier alpha value is -14.8. The van der Waals surface area contributed by atoms with Gasteiger partial charge in [0.05, 0.1) is 27.8 Å². The molecule has 544 valence electrons. The van der Waals surface area contributed by atoms with E-state index in [9.17, 15) is 0 Å². The van der Waals surface area contributed by atoms with Gasteiger partial charge in [-0.1, -0.05) is 341 Å². The van der Waals surface area contributed by atoms with Crippen LogP contribution in [0.3, 0.4) is 0 Å². The van der Waals surface area contributed by atoms with Crippen LogP contribution in [0, 0.1) is 0 Å². The molecule has 2 aromatic heterocycles. The average molecular weight is 1470 g/mol. The highest BCUT2D eigenvalue weighted by atomic mass is 15.1. The van der Waals surface area contributed by atoms with Gasteiger partial charge in [-0.3, -0.25) is 0 Å². The second-order valence-electron chi connectivity index (χ2n) is 30.3. The summed E-state index contributed by atoms with van der Waals surface area (Å²) in [4.78, 5) is 4.81. The van der Waals surface area contributed by atoms with Gasteiger partial charge in [0.15, 0.2) is 0 Å². The summed E-state index contributed by atoms with van der Waals surface area (Å²) in [5, 5.41) is 5.07. The number of para-hydroxylation sites is 5. The van der Waals surface area contributed by atoms with Gasteiger partial charge in [0.2, 0.25) is 0 Å². The van der Waals surface area contributed by atoms with Crippen LogP contribution in [0.2, 0.25) is 0 Å². The largest absolute Gasteiger partial charge is 0.310 e. The van der Waals surface area contributed by atoms with Gasteiger partial charge in [-0.2, -0.15) is 0 Å². The van der Waals surface area contributed by atoms with E-state index < -0.39 is 0 Å². The third-order valence-electron chi connectivity index (χ3n) is 23.2. The van der Waals surface area contributed by atoms with Crippen molar-refractivity contribution in [1.82, 2.24) is 9.13 Å². The highest BCUT2D eigenvalue weighted by Gasteiger charge is 2.36. The molecule has 4 heteroatoms. The molecule has 18 aromatic carbocycles. The van der Waals surface area contributed by atoms with Crippen molar-refractivity contribution < 1.29 is 0 Å². The van der Waals surface area contributed by atoms with E-state index >= 15 is 0 Å². The molecule has 2 heterocycles. The fraction of sp³-hybridized carbons (Fsp3) is 0.0270. The minimum absolute atomic E-state index is 0.105. The van der Waals surface area contributed by atoms with Gasteiger partial charge in [0, 0.05) is 72.3 Å². The van der Waals surface area contributed by atoms with Crippen LogP contribution in [0.1, 0.15) is 25.0 Å². The van der Waals surface area contributed by atoms with Crippen molar-refractivity contribution in [1.29, 1.82) is 0 Å². The number of hydrogen-bond acceptors (Lipinski definition) is 2. The van der Waals surface area contributed by atoms with Crippen molar-refractivity contribution >= 4 is 77.7 Å². The van der Waals surface area contributed by atoms with Crippen LogP contribution in [-0.4, -0.2) is 9.13 Å². The van der Waals surface area contributed by atoms with Crippen LogP contribution >= 0.6 is 0 Å². The molecule has 1 aliphatic rings. The van der Waals surface area contributed by atoms with Crippen LogP contribution in [0.4, 0.5) is 34.1 Å². The van der Waals surface area contributed by atoms with Crippen molar-refractivity contribution in [2.24, 2.45) is 0 Å². The number of anilines is 6. The Morgan fingerprint density at radius 3 is 0.965 bits per heavy atom. The molecule has 0 saturated carbocycles. The molecule has 0 radical (unpaired) electrons. The van der Waals surface area contributed by atoms with Crippen molar-refractivity contribution in [2.75, 3.05) is 9.80 Å². The molecule has 115 heavy (non-hydrogen) atoms. The Morgan fingerprint density at radius 2 is 0.496 bits per heavy atom. The minimum atomic E-state index is -0.105. The van der Waals surface area contributed by atoms with E-state index in [1.54, 1.807) is 0 Å². The van der Waals surface area contributed by atoms with Crippen LogP contribution in [0.25, 0.3) is 144 Å². The van der Waals surface area contributed by atoms with Crippen molar-refractivity contribution in [3.63, 3.8) is 0 Å². The third kappa shape index (κ3) is 12.9. The SMILES string of the molecule is CC1(C)c2ccccc2-c2ccc(N(c3ccc(-c4cccc(-c5ccccc5)c4)cc3)c3ccc(-c4cccc(-n5c6ccccc6c6ccccc65)c4)cc3)cc21.c1ccc(-c2ccc(N(c3ccc(-c4cccc(-n5c6ccccc6c6ccccc65)c4)cc3)c3ccccc3-c3ccccc3)cc2-c2ccccc2)cc1. The molecule has 0 unspecified atom stereocenters. The fourth-order valence-electron chi connectivity index (χ4n) is 17.6. The zero-order chi connectivity index (χ0) is 76.8. The Bertz CT molecular complexity index is 6850. The average Bonchev–Trinajstić information content (AvgIpc) is 1.61. The monoisotopic (exact) mass is 1470 g/mol. The first kappa shape index (κ1) is 69.4. The number of hydrogen-bond donors (Lipinski definition) is 0. The Morgan fingerprint density at radius 1 is 0.183 bits per heavy atom. The Balaban J connectivity index is 0.000000149. The van der Waals surface area contributed by atoms with Gasteiger partial charge < -0.3 is 18.9 Å². The molecule has 0 N–H and O–H groups in total. The van der Waals surface area contributed by atoms with E-state index in [1.165, 1.54) is 138 Å². The van der Waals surface area contributed by atoms with Gasteiger partial charge in [0.1, 0.15) is 0 Å². The normalized spacial score (nSPS) is 12.0. The maximum atomic E-state index is 2.41. The molecule has 0 fully saturated rings. The summed E-state index contributed by atoms with van der Waals surface area (Å²) in [6.45, 7) is 4.71. The molecule has 0 saturated heterocycles. The highest BCUT2D eigenvalue weighted by molar-refractivity contribution is 6.10. The maximum Gasteiger partial charge on any atom is 0.0541 e. The summed E-state index contributed by atoms with van der Waals surface area (Å²) >= 11 is 0. The summed E-state index contributed by atoms with van der Waals surface area (Å²) in [6, 6.07) is 163. The van der Waals surface area contributed by atoms with E-state index in [0.717, 1.165) is 51.1 Å². The van der Waals surface area contributed by atoms with Gasteiger partial charge >= 0.3 is 0 Å². The van der Waals surface area contributed by atoms with E-state index in [0.29, 0.717) is 0 Å². The number of rotatable bonds is 15. The highest BCUT2D eigenvalue weighted by Crippen LogP contribution is 2.52. The van der Waals surface area contributed by atoms with Gasteiger partial charge in [-0.25, -0.2) is 0 Å². The molecule has 0 atom stereocenters. The second-order valence-corrected chi connectivity index (χ2v) is 30.3. The van der Waals surface area contributed by atoms with Crippen LogP contribution in [0.5, 0.6) is 0 Å². The minimum Gasteiger partial charge on any atom is -0.310 e. The molecule has 4 nitrogen and oxygen atoms in total. The molecule has 21 rings (SSSR count). The standard InChI is InChI=1S/C57H42N2.C54H38N2/c1-57(2)53-23-9-6-20-49(53)50-35-34-48(38-54(50)57)58(45-30-26-40(27-31-45)43-17-12-16-42(36-43)39-14-4-3-5-15-39)46-32-28-41(29-33-46)44-18-13-19-47(37-44)59-55-24-10-7-21-51(55)52-22-8-11-25-56(52)59;1-4-17-40(18-5-1)47-36-35-46(38-51(47)42-21-8-3-9-22-42)55(52-28-13-10-25-48(52)41-19-6-2-7-20-41)44-33-31-39(32-34-44)43-23-16-24-45(37-43)56-53-29-14-11-26-49(53)50-27-12-15-30-54(50)56/h3-38H,1-2H3;1-38H. The Labute approximate surface area is 671 Å². The predicted octanol–water partition coefficient (Wildman–Crippen LogP) is 30.5. The lowest BCUT2D eigenvalue weighted by atomic mass is 9.82. The molecule has 0 bridgehead atoms. The molecule has 0 aliphatic heterocycles. The smallest absolute Gasteiger partial charge is 0.0541 e. The van der Waals surface area contributed by atoms with E-state index in [2.05, 4.69) is 482 Å². The zero-order valence-corrected chi connectivity index (χ0v) is 64.0. The predicted molar refractivity (Wildman–Crippen MR) is 487 cm³/mol. The summed E-state index contributed by atoms with van der Waals surface area (Å²) in [5.41, 5.74) is 35.8. The molecule has 20 aromatic rings. The van der Waals surface area contributed by atoms with Crippen molar-refractivity contribution in [3.05, 3.63) is 460 Å².